The zero-order chi connectivity index (χ0) is 20.5. The van der Waals surface area contributed by atoms with Crippen molar-refractivity contribution < 1.29 is 33.2 Å². The van der Waals surface area contributed by atoms with Gasteiger partial charge in [-0.2, -0.15) is 9.67 Å². The highest BCUT2D eigenvalue weighted by Crippen LogP contribution is 2.36. The molecule has 2 aliphatic heterocycles. The molecule has 0 saturated heterocycles. The number of rotatable bonds is 6. The topological polar surface area (TPSA) is 103 Å². The average molecular weight is 411 g/mol. The van der Waals surface area contributed by atoms with Crippen molar-refractivity contribution in [3.05, 3.63) is 42.0 Å². The van der Waals surface area contributed by atoms with Crippen LogP contribution in [0.5, 0.6) is 29.0 Å². The van der Waals surface area contributed by atoms with Gasteiger partial charge in [0.05, 0.1) is 6.61 Å². The molecule has 5 rings (SSSR count). The molecule has 0 saturated carbocycles. The van der Waals surface area contributed by atoms with Crippen molar-refractivity contribution in [2.75, 3.05) is 33.9 Å². The van der Waals surface area contributed by atoms with Gasteiger partial charge in [-0.3, -0.25) is 4.79 Å². The maximum Gasteiger partial charge on any atom is 0.336 e. The van der Waals surface area contributed by atoms with E-state index in [0.29, 0.717) is 46.6 Å². The Hall–Kier alpha value is -3.79. The molecule has 3 aromatic rings. The highest BCUT2D eigenvalue weighted by Gasteiger charge is 2.24. The van der Waals surface area contributed by atoms with E-state index in [1.54, 1.807) is 43.5 Å². The monoisotopic (exact) mass is 411 g/mol. The second kappa shape index (κ2) is 7.56. The summed E-state index contributed by atoms with van der Waals surface area (Å²) in [4.78, 5) is 17.6. The van der Waals surface area contributed by atoms with Gasteiger partial charge in [0.1, 0.15) is 6.61 Å². The predicted octanol–water partition coefficient (Wildman–Crippen LogP) is 2.12. The molecule has 2 aliphatic rings. The molecule has 10 nitrogen and oxygen atoms in total. The number of hydrogen-bond donors (Lipinski definition) is 0. The second-order valence-corrected chi connectivity index (χ2v) is 6.41. The molecule has 154 valence electrons. The van der Waals surface area contributed by atoms with Crippen LogP contribution in [0.1, 0.15) is 10.4 Å². The van der Waals surface area contributed by atoms with Crippen molar-refractivity contribution in [1.29, 1.82) is 0 Å². The Morgan fingerprint density at radius 3 is 2.43 bits per heavy atom. The van der Waals surface area contributed by atoms with Gasteiger partial charge in [0.25, 0.3) is 5.91 Å². The minimum Gasteiger partial charge on any atom is -0.460 e. The van der Waals surface area contributed by atoms with Crippen LogP contribution in [0.2, 0.25) is 0 Å². The van der Waals surface area contributed by atoms with Crippen molar-refractivity contribution in [3.63, 3.8) is 0 Å². The van der Waals surface area contributed by atoms with Gasteiger partial charge in [-0.25, -0.2) is 0 Å². The molecule has 0 spiro atoms. The zero-order valence-electron chi connectivity index (χ0n) is 16.0. The first kappa shape index (κ1) is 18.3. The minimum atomic E-state index is -0.393. The molecule has 0 bridgehead atoms. The fourth-order valence-corrected chi connectivity index (χ4v) is 3.09. The molecule has 3 heterocycles. The molecule has 0 aliphatic carbocycles. The molecule has 0 amide bonds. The van der Waals surface area contributed by atoms with E-state index in [9.17, 15) is 4.79 Å². The van der Waals surface area contributed by atoms with E-state index in [1.165, 1.54) is 4.68 Å². The molecule has 30 heavy (non-hydrogen) atoms. The van der Waals surface area contributed by atoms with Crippen LogP contribution in [-0.4, -0.2) is 54.6 Å². The second-order valence-electron chi connectivity index (χ2n) is 6.41. The van der Waals surface area contributed by atoms with E-state index in [4.69, 9.17) is 28.4 Å². The standard InChI is InChI=1S/C20H17N3O7/c1-25-6-7-26-20-21-18(12-2-4-14-16(8-12)29-10-27-14)23(22-20)19(24)13-3-5-15-17(9-13)30-11-28-15/h2-5,8-9H,6-7,10-11H2,1H3. The van der Waals surface area contributed by atoms with Gasteiger partial charge in [-0.1, -0.05) is 0 Å². The Bertz CT molecular complexity index is 1110. The van der Waals surface area contributed by atoms with Crippen molar-refractivity contribution in [2.45, 2.75) is 0 Å². The maximum absolute atomic E-state index is 13.2. The number of aromatic nitrogens is 3. The number of ether oxygens (including phenoxy) is 6. The average Bonchev–Trinajstić information content (AvgIpc) is 3.51. The summed E-state index contributed by atoms with van der Waals surface area (Å²) in [5, 5.41) is 4.26. The van der Waals surface area contributed by atoms with Gasteiger partial charge >= 0.3 is 6.01 Å². The molecule has 0 fully saturated rings. The van der Waals surface area contributed by atoms with Gasteiger partial charge in [0.15, 0.2) is 28.8 Å². The van der Waals surface area contributed by atoms with E-state index in [1.807, 2.05) is 0 Å². The lowest BCUT2D eigenvalue weighted by molar-refractivity contribution is 0.0942. The van der Waals surface area contributed by atoms with E-state index in [-0.39, 0.29) is 26.2 Å². The Labute approximate surface area is 170 Å². The lowest BCUT2D eigenvalue weighted by Gasteiger charge is -2.06. The SMILES string of the molecule is COCCOc1nc(-c2ccc3c(c2)OCO3)n(C(=O)c2ccc3c(c2)OCO3)n1. The summed E-state index contributed by atoms with van der Waals surface area (Å²) in [5.74, 6) is 2.20. The van der Waals surface area contributed by atoms with Crippen LogP contribution in [0.4, 0.5) is 0 Å². The van der Waals surface area contributed by atoms with Gasteiger partial charge in [0.2, 0.25) is 13.6 Å². The van der Waals surface area contributed by atoms with Crippen LogP contribution in [0.3, 0.4) is 0 Å². The van der Waals surface area contributed by atoms with Gasteiger partial charge < -0.3 is 28.4 Å². The van der Waals surface area contributed by atoms with Crippen LogP contribution in [0.25, 0.3) is 11.4 Å². The first-order valence-corrected chi connectivity index (χ1v) is 9.16. The Kier molecular flexibility index (Phi) is 4.60. The van der Waals surface area contributed by atoms with Crippen LogP contribution in [0.15, 0.2) is 36.4 Å². The number of hydrogen-bond acceptors (Lipinski definition) is 9. The van der Waals surface area contributed by atoms with E-state index in [2.05, 4.69) is 10.1 Å². The minimum absolute atomic E-state index is 0.0637. The largest absolute Gasteiger partial charge is 0.460 e. The van der Waals surface area contributed by atoms with Gasteiger partial charge in [-0.05, 0) is 36.4 Å². The maximum atomic E-state index is 13.2. The quantitative estimate of drug-likeness (QED) is 0.564. The fraction of sp³-hybridized carbons (Fsp3) is 0.250. The van der Waals surface area contributed by atoms with Gasteiger partial charge in [-0.15, -0.1) is 5.10 Å². The summed E-state index contributed by atoms with van der Waals surface area (Å²) in [6.45, 7) is 0.881. The first-order chi connectivity index (χ1) is 14.7. The summed E-state index contributed by atoms with van der Waals surface area (Å²) in [6.07, 6.45) is 0. The molecule has 1 aromatic heterocycles. The molecule has 0 unspecified atom stereocenters. The summed E-state index contributed by atoms with van der Waals surface area (Å²) < 4.78 is 33.2. The predicted molar refractivity (Wildman–Crippen MR) is 101 cm³/mol. The number of methoxy groups -OCH3 is 1. The summed E-state index contributed by atoms with van der Waals surface area (Å²) >= 11 is 0. The van der Waals surface area contributed by atoms with Crippen LogP contribution >= 0.6 is 0 Å². The van der Waals surface area contributed by atoms with Crippen LogP contribution in [-0.2, 0) is 4.74 Å². The van der Waals surface area contributed by atoms with Crippen LogP contribution < -0.4 is 23.7 Å². The Morgan fingerprint density at radius 2 is 1.67 bits per heavy atom. The summed E-state index contributed by atoms with van der Waals surface area (Å²) in [6, 6.07) is 10.3. The number of fused-ring (bicyclic) bond motifs is 2. The number of nitrogens with zero attached hydrogens (tertiary/aromatic N) is 3. The van der Waals surface area contributed by atoms with E-state index in [0.717, 1.165) is 0 Å². The molecule has 0 N–H and O–H groups in total. The molecular formula is C20H17N3O7. The Balaban J connectivity index is 1.53. The number of carbonyl (C=O) groups excluding carboxylic acids is 1. The highest BCUT2D eigenvalue weighted by molar-refractivity contribution is 5.98. The van der Waals surface area contributed by atoms with E-state index >= 15 is 0 Å². The molecular weight excluding hydrogens is 394 g/mol. The van der Waals surface area contributed by atoms with Crippen LogP contribution in [0, 0.1) is 0 Å². The Morgan fingerprint density at radius 1 is 0.967 bits per heavy atom. The summed E-state index contributed by atoms with van der Waals surface area (Å²) in [5.41, 5.74) is 0.997. The fourth-order valence-electron chi connectivity index (χ4n) is 3.09. The zero-order valence-corrected chi connectivity index (χ0v) is 16.0. The highest BCUT2D eigenvalue weighted by atomic mass is 16.7. The lowest BCUT2D eigenvalue weighted by Crippen LogP contribution is -2.15. The molecule has 0 radical (unpaired) electrons. The van der Waals surface area contributed by atoms with Crippen molar-refractivity contribution in [3.8, 4) is 40.4 Å². The molecule has 0 atom stereocenters. The normalized spacial score (nSPS) is 13.5. The van der Waals surface area contributed by atoms with Crippen molar-refractivity contribution in [2.24, 2.45) is 0 Å². The van der Waals surface area contributed by atoms with Crippen molar-refractivity contribution in [1.82, 2.24) is 14.8 Å². The summed E-state index contributed by atoms with van der Waals surface area (Å²) in [7, 11) is 1.57. The number of carbonyl (C=O) groups is 1. The first-order valence-electron chi connectivity index (χ1n) is 9.16. The molecule has 10 heteroatoms. The van der Waals surface area contributed by atoms with E-state index < -0.39 is 5.91 Å². The lowest BCUT2D eigenvalue weighted by atomic mass is 10.1. The van der Waals surface area contributed by atoms with Gasteiger partial charge in [0, 0.05) is 18.2 Å². The smallest absolute Gasteiger partial charge is 0.336 e. The third-order valence-corrected chi connectivity index (χ3v) is 4.55. The molecule has 2 aromatic carbocycles. The third kappa shape index (κ3) is 3.26. The third-order valence-electron chi connectivity index (χ3n) is 4.55. The number of benzene rings is 2. The van der Waals surface area contributed by atoms with Crippen molar-refractivity contribution >= 4 is 5.91 Å².